The van der Waals surface area contributed by atoms with Crippen LogP contribution < -0.4 is 0 Å². The largest absolute Gasteiger partial charge is 0.388 e. The number of ether oxygens (including phenoxy) is 2. The second kappa shape index (κ2) is 2.86. The predicted octanol–water partition coefficient (Wildman–Crippen LogP) is 0.520. The van der Waals surface area contributed by atoms with E-state index in [0.29, 0.717) is 6.61 Å². The van der Waals surface area contributed by atoms with Gasteiger partial charge < -0.3 is 14.6 Å². The zero-order valence-electron chi connectivity index (χ0n) is 6.46. The van der Waals surface area contributed by atoms with Crippen molar-refractivity contribution in [1.29, 1.82) is 0 Å². The normalized spacial score (nSPS) is 36.3. The van der Waals surface area contributed by atoms with Crippen LogP contribution in [0.15, 0.2) is 0 Å². The number of aliphatic hydroxyl groups excluding tert-OH is 1. The molecule has 0 spiro atoms. The van der Waals surface area contributed by atoms with Crippen LogP contribution in [0.3, 0.4) is 0 Å². The molecule has 3 heteroatoms. The van der Waals surface area contributed by atoms with Gasteiger partial charge in [-0.15, -0.1) is 0 Å². The summed E-state index contributed by atoms with van der Waals surface area (Å²) in [6.45, 7) is 2.38. The van der Waals surface area contributed by atoms with Gasteiger partial charge >= 0.3 is 0 Å². The van der Waals surface area contributed by atoms with Crippen LogP contribution in [0.4, 0.5) is 0 Å². The second-order valence-corrected chi connectivity index (χ2v) is 2.64. The zero-order chi connectivity index (χ0) is 7.61. The predicted molar refractivity (Wildman–Crippen MR) is 36.6 cm³/mol. The van der Waals surface area contributed by atoms with E-state index in [4.69, 9.17) is 9.47 Å². The van der Waals surface area contributed by atoms with E-state index in [9.17, 15) is 5.11 Å². The van der Waals surface area contributed by atoms with Gasteiger partial charge in [0, 0.05) is 13.5 Å². The van der Waals surface area contributed by atoms with Crippen molar-refractivity contribution in [3.05, 3.63) is 0 Å². The number of aliphatic hydroxyl groups is 1. The third-order valence-electron chi connectivity index (χ3n) is 2.00. The lowest BCUT2D eigenvalue weighted by Crippen LogP contribution is -2.41. The molecule has 60 valence electrons. The first-order valence-corrected chi connectivity index (χ1v) is 3.58. The third kappa shape index (κ3) is 1.17. The standard InChI is InChI=1S/C7H14O3/c1-6(8)7(9-2)4-3-5-10-7/h6,8H,3-5H2,1-2H3/t6?,7-/m1/s1. The molecule has 10 heavy (non-hydrogen) atoms. The van der Waals surface area contributed by atoms with Crippen LogP contribution in [-0.2, 0) is 9.47 Å². The molecule has 1 rings (SSSR count). The lowest BCUT2D eigenvalue weighted by molar-refractivity contribution is -0.242. The lowest BCUT2D eigenvalue weighted by Gasteiger charge is -2.29. The number of methoxy groups -OCH3 is 1. The maximum absolute atomic E-state index is 9.25. The summed E-state index contributed by atoms with van der Waals surface area (Å²) in [5, 5.41) is 9.25. The highest BCUT2D eigenvalue weighted by Crippen LogP contribution is 2.29. The van der Waals surface area contributed by atoms with Crippen molar-refractivity contribution in [3.63, 3.8) is 0 Å². The highest BCUT2D eigenvalue weighted by molar-refractivity contribution is 4.80. The van der Waals surface area contributed by atoms with Crippen LogP contribution in [0.1, 0.15) is 19.8 Å². The first kappa shape index (κ1) is 7.98. The molecule has 0 saturated carbocycles. The molecule has 0 aliphatic carbocycles. The summed E-state index contributed by atoms with van der Waals surface area (Å²) in [6.07, 6.45) is 1.22. The Hall–Kier alpha value is -0.120. The van der Waals surface area contributed by atoms with Crippen LogP contribution in [0.5, 0.6) is 0 Å². The van der Waals surface area contributed by atoms with E-state index in [1.165, 1.54) is 0 Å². The Balaban J connectivity index is 2.58. The fraction of sp³-hybridized carbons (Fsp3) is 1.00. The van der Waals surface area contributed by atoms with E-state index < -0.39 is 11.9 Å². The smallest absolute Gasteiger partial charge is 0.193 e. The van der Waals surface area contributed by atoms with Gasteiger partial charge in [0.15, 0.2) is 5.79 Å². The first-order chi connectivity index (χ1) is 4.71. The molecule has 1 unspecified atom stereocenters. The van der Waals surface area contributed by atoms with E-state index in [2.05, 4.69) is 0 Å². The molecule has 1 fully saturated rings. The number of hydrogen-bond donors (Lipinski definition) is 1. The molecule has 1 aliphatic rings. The van der Waals surface area contributed by atoms with Crippen molar-refractivity contribution in [2.24, 2.45) is 0 Å². The van der Waals surface area contributed by atoms with Gasteiger partial charge in [-0.2, -0.15) is 0 Å². The Morgan fingerprint density at radius 2 is 2.40 bits per heavy atom. The van der Waals surface area contributed by atoms with E-state index in [1.807, 2.05) is 0 Å². The minimum absolute atomic E-state index is 0.542. The summed E-state index contributed by atoms with van der Waals surface area (Å²) in [7, 11) is 1.57. The van der Waals surface area contributed by atoms with Gasteiger partial charge in [0.05, 0.1) is 6.61 Å². The summed E-state index contributed by atoms with van der Waals surface area (Å²) in [6, 6.07) is 0. The summed E-state index contributed by atoms with van der Waals surface area (Å²) in [5.74, 6) is -0.708. The van der Waals surface area contributed by atoms with Gasteiger partial charge in [-0.1, -0.05) is 0 Å². The highest BCUT2D eigenvalue weighted by Gasteiger charge is 2.39. The molecule has 0 aromatic rings. The van der Waals surface area contributed by atoms with Crippen molar-refractivity contribution < 1.29 is 14.6 Å². The zero-order valence-corrected chi connectivity index (χ0v) is 6.46. The average molecular weight is 146 g/mol. The quantitative estimate of drug-likeness (QED) is 0.617. The Labute approximate surface area is 60.9 Å². The molecule has 0 bridgehead atoms. The molecule has 0 aromatic heterocycles. The van der Waals surface area contributed by atoms with Crippen LogP contribution in [0.2, 0.25) is 0 Å². The molecular weight excluding hydrogens is 132 g/mol. The van der Waals surface area contributed by atoms with Gasteiger partial charge in [0.1, 0.15) is 6.10 Å². The Morgan fingerprint density at radius 1 is 1.70 bits per heavy atom. The van der Waals surface area contributed by atoms with Gasteiger partial charge in [-0.05, 0) is 13.3 Å². The lowest BCUT2D eigenvalue weighted by atomic mass is 10.1. The molecule has 0 aromatic carbocycles. The molecule has 1 saturated heterocycles. The number of rotatable bonds is 2. The second-order valence-electron chi connectivity index (χ2n) is 2.64. The van der Waals surface area contributed by atoms with E-state index in [1.54, 1.807) is 14.0 Å². The number of hydrogen-bond acceptors (Lipinski definition) is 3. The molecule has 0 amide bonds. The van der Waals surface area contributed by atoms with Gasteiger partial charge in [-0.3, -0.25) is 0 Å². The average Bonchev–Trinajstić information content (AvgIpc) is 2.35. The van der Waals surface area contributed by atoms with Crippen LogP contribution in [-0.4, -0.2) is 30.7 Å². The Bertz CT molecular complexity index is 105. The highest BCUT2D eigenvalue weighted by atomic mass is 16.7. The van der Waals surface area contributed by atoms with E-state index in [-0.39, 0.29) is 0 Å². The van der Waals surface area contributed by atoms with E-state index >= 15 is 0 Å². The van der Waals surface area contributed by atoms with Crippen LogP contribution in [0.25, 0.3) is 0 Å². The monoisotopic (exact) mass is 146 g/mol. The van der Waals surface area contributed by atoms with Crippen molar-refractivity contribution >= 4 is 0 Å². The molecule has 2 atom stereocenters. The topological polar surface area (TPSA) is 38.7 Å². The third-order valence-corrected chi connectivity index (χ3v) is 2.00. The molecular formula is C7H14O3. The van der Waals surface area contributed by atoms with Gasteiger partial charge in [-0.25, -0.2) is 0 Å². The fourth-order valence-electron chi connectivity index (χ4n) is 1.30. The molecule has 0 radical (unpaired) electrons. The van der Waals surface area contributed by atoms with Gasteiger partial charge in [0.25, 0.3) is 0 Å². The fourth-order valence-corrected chi connectivity index (χ4v) is 1.30. The molecule has 3 nitrogen and oxygen atoms in total. The SMILES string of the molecule is CO[C@]1(C(C)O)CCCO1. The summed E-state index contributed by atoms with van der Waals surface area (Å²) in [5.41, 5.74) is 0. The minimum Gasteiger partial charge on any atom is -0.388 e. The van der Waals surface area contributed by atoms with Crippen molar-refractivity contribution in [2.45, 2.75) is 31.7 Å². The van der Waals surface area contributed by atoms with Gasteiger partial charge in [0.2, 0.25) is 0 Å². The molecule has 1 aliphatic heterocycles. The van der Waals surface area contributed by atoms with Crippen LogP contribution in [0, 0.1) is 0 Å². The van der Waals surface area contributed by atoms with Crippen molar-refractivity contribution in [2.75, 3.05) is 13.7 Å². The maximum Gasteiger partial charge on any atom is 0.193 e. The summed E-state index contributed by atoms with van der Waals surface area (Å²) in [4.78, 5) is 0. The van der Waals surface area contributed by atoms with Crippen molar-refractivity contribution in [3.8, 4) is 0 Å². The Kier molecular flexibility index (Phi) is 2.28. The summed E-state index contributed by atoms with van der Waals surface area (Å²) >= 11 is 0. The van der Waals surface area contributed by atoms with E-state index in [0.717, 1.165) is 12.8 Å². The minimum atomic E-state index is -0.708. The Morgan fingerprint density at radius 3 is 2.60 bits per heavy atom. The molecule has 1 N–H and O–H groups in total. The summed E-state index contributed by atoms with van der Waals surface area (Å²) < 4.78 is 10.4. The van der Waals surface area contributed by atoms with Crippen LogP contribution >= 0.6 is 0 Å². The first-order valence-electron chi connectivity index (χ1n) is 3.58. The van der Waals surface area contributed by atoms with Crippen molar-refractivity contribution in [1.82, 2.24) is 0 Å². The maximum atomic E-state index is 9.25. The molecule has 1 heterocycles.